The zero-order valence-electron chi connectivity index (χ0n) is 15.3. The van der Waals surface area contributed by atoms with Gasteiger partial charge in [-0.25, -0.2) is 0 Å². The molecule has 1 aliphatic heterocycles. The van der Waals surface area contributed by atoms with Crippen LogP contribution >= 0.6 is 11.8 Å². The van der Waals surface area contributed by atoms with Gasteiger partial charge in [-0.1, -0.05) is 13.8 Å². The maximum absolute atomic E-state index is 6.07. The molecule has 0 spiro atoms. The van der Waals surface area contributed by atoms with E-state index in [9.17, 15) is 0 Å². The molecule has 0 aliphatic carbocycles. The largest absolute Gasteiger partial charge is 0.488 e. The molecule has 2 rings (SSSR count). The quantitative estimate of drug-likeness (QED) is 0.738. The number of thioether (sulfide) groups is 1. The molecule has 21 heavy (non-hydrogen) atoms. The van der Waals surface area contributed by atoms with Gasteiger partial charge in [-0.15, -0.1) is 11.8 Å². The first-order valence-electron chi connectivity index (χ1n) is 7.81. The van der Waals surface area contributed by atoms with Crippen LogP contribution in [0.2, 0.25) is 0 Å². The molecule has 122 valence electrons. The third-order valence-electron chi connectivity index (χ3n) is 3.36. The van der Waals surface area contributed by atoms with E-state index in [2.05, 4.69) is 45.3 Å². The summed E-state index contributed by atoms with van der Waals surface area (Å²) in [5.74, 6) is 1.10. The van der Waals surface area contributed by atoms with Crippen molar-refractivity contribution >= 4 is 11.8 Å². The molecule has 0 radical (unpaired) electrons. The van der Waals surface area contributed by atoms with Crippen LogP contribution in [0.1, 0.15) is 50.8 Å². The van der Waals surface area contributed by atoms with E-state index in [0.717, 1.165) is 18.6 Å². The van der Waals surface area contributed by atoms with E-state index in [4.69, 9.17) is 4.74 Å². The van der Waals surface area contributed by atoms with Crippen molar-refractivity contribution < 1.29 is 4.74 Å². The van der Waals surface area contributed by atoms with Crippen LogP contribution in [0, 0.1) is 13.8 Å². The van der Waals surface area contributed by atoms with E-state index in [1.54, 1.807) is 0 Å². The zero-order valence-corrected chi connectivity index (χ0v) is 16.1. The molecule has 0 saturated carbocycles. The van der Waals surface area contributed by atoms with E-state index in [-0.39, 0.29) is 5.60 Å². The second kappa shape index (κ2) is 9.37. The summed E-state index contributed by atoms with van der Waals surface area (Å²) in [6.07, 6.45) is 4.40. The first kappa shape index (κ1) is 20.3. The molecule has 3 heteroatoms. The van der Waals surface area contributed by atoms with Crippen molar-refractivity contribution in [3.63, 3.8) is 0 Å². The third-order valence-corrected chi connectivity index (χ3v) is 4.40. The fraction of sp³-hybridized carbons (Fsp3) is 0.667. The van der Waals surface area contributed by atoms with Crippen molar-refractivity contribution in [2.75, 3.05) is 20.4 Å². The standard InChI is InChI=1S/C14H20OS.C2H7N.C2H6/c1-9-8-12-11(10(2)13(9)16-5)6-7-14(3,4)15-12;1-3-2;1-2/h8H,6-7H2,1-5H3;3H,1-2H3;1-2H3. The Labute approximate surface area is 136 Å². The van der Waals surface area contributed by atoms with Gasteiger partial charge >= 0.3 is 0 Å². The summed E-state index contributed by atoms with van der Waals surface area (Å²) < 4.78 is 6.07. The number of benzene rings is 1. The van der Waals surface area contributed by atoms with Crippen molar-refractivity contribution in [3.05, 3.63) is 22.8 Å². The maximum Gasteiger partial charge on any atom is 0.123 e. The van der Waals surface area contributed by atoms with Gasteiger partial charge < -0.3 is 10.1 Å². The molecule has 0 amide bonds. The molecule has 1 aromatic rings. The lowest BCUT2D eigenvalue weighted by Crippen LogP contribution is -2.33. The minimum Gasteiger partial charge on any atom is -0.488 e. The summed E-state index contributed by atoms with van der Waals surface area (Å²) in [5.41, 5.74) is 4.15. The smallest absolute Gasteiger partial charge is 0.123 e. The lowest BCUT2D eigenvalue weighted by Gasteiger charge is -2.34. The molecule has 0 fully saturated rings. The Hall–Kier alpha value is -0.670. The van der Waals surface area contributed by atoms with E-state index < -0.39 is 0 Å². The SMILES string of the molecule is CC.CNC.CSc1c(C)cc2c(c1C)CCC(C)(C)O2. The second-order valence-corrected chi connectivity index (χ2v) is 6.51. The number of aryl methyl sites for hydroxylation is 1. The minimum atomic E-state index is -0.00719. The molecule has 0 atom stereocenters. The predicted molar refractivity (Wildman–Crippen MR) is 97.1 cm³/mol. The second-order valence-electron chi connectivity index (χ2n) is 5.69. The van der Waals surface area contributed by atoms with Crippen molar-refractivity contribution in [2.45, 2.75) is 64.9 Å². The Morgan fingerprint density at radius 1 is 1.19 bits per heavy atom. The van der Waals surface area contributed by atoms with Crippen LogP contribution in [0.5, 0.6) is 5.75 Å². The molecule has 0 saturated heterocycles. The van der Waals surface area contributed by atoms with Gasteiger partial charge in [0.1, 0.15) is 11.4 Å². The molecule has 1 aliphatic rings. The average molecular weight is 312 g/mol. The van der Waals surface area contributed by atoms with Gasteiger partial charge in [-0.3, -0.25) is 0 Å². The van der Waals surface area contributed by atoms with Crippen molar-refractivity contribution in [3.8, 4) is 5.75 Å². The number of rotatable bonds is 1. The molecular weight excluding hydrogens is 278 g/mol. The molecule has 0 bridgehead atoms. The zero-order chi connectivity index (χ0) is 16.6. The topological polar surface area (TPSA) is 21.3 Å². The van der Waals surface area contributed by atoms with Crippen LogP contribution in [0.25, 0.3) is 0 Å². The highest BCUT2D eigenvalue weighted by atomic mass is 32.2. The average Bonchev–Trinajstić information content (AvgIpc) is 2.41. The first-order valence-corrected chi connectivity index (χ1v) is 9.03. The molecule has 0 aromatic heterocycles. The number of hydrogen-bond donors (Lipinski definition) is 1. The molecule has 0 unspecified atom stereocenters. The van der Waals surface area contributed by atoms with E-state index in [1.807, 2.05) is 39.7 Å². The lowest BCUT2D eigenvalue weighted by atomic mass is 9.91. The van der Waals surface area contributed by atoms with E-state index in [1.165, 1.54) is 21.6 Å². The number of nitrogens with one attached hydrogen (secondary N) is 1. The van der Waals surface area contributed by atoms with E-state index in [0.29, 0.717) is 0 Å². The van der Waals surface area contributed by atoms with Gasteiger partial charge in [0.25, 0.3) is 0 Å². The molecular formula is C18H33NOS. The van der Waals surface area contributed by atoms with E-state index >= 15 is 0 Å². The van der Waals surface area contributed by atoms with Gasteiger partial charge in [-0.05, 0) is 83.6 Å². The Bertz CT molecular complexity index is 441. The first-order chi connectivity index (χ1) is 9.86. The summed E-state index contributed by atoms with van der Waals surface area (Å²) >= 11 is 1.84. The highest BCUT2D eigenvalue weighted by Gasteiger charge is 2.28. The molecule has 2 nitrogen and oxygen atoms in total. The normalized spacial score (nSPS) is 14.7. The van der Waals surface area contributed by atoms with Gasteiger partial charge in [0.05, 0.1) is 0 Å². The Morgan fingerprint density at radius 2 is 1.71 bits per heavy atom. The summed E-state index contributed by atoms with van der Waals surface area (Å²) in [7, 11) is 3.75. The van der Waals surface area contributed by atoms with Crippen LogP contribution in [0.4, 0.5) is 0 Å². The van der Waals surface area contributed by atoms with Crippen LogP contribution < -0.4 is 10.1 Å². The summed E-state index contributed by atoms with van der Waals surface area (Å²) in [5, 5.41) is 2.75. The third kappa shape index (κ3) is 5.55. The number of hydrogen-bond acceptors (Lipinski definition) is 3. The monoisotopic (exact) mass is 311 g/mol. The summed E-state index contributed by atoms with van der Waals surface area (Å²) in [6, 6.07) is 2.20. The molecule has 1 aromatic carbocycles. The van der Waals surface area contributed by atoms with Gasteiger partial charge in [-0.2, -0.15) is 0 Å². The lowest BCUT2D eigenvalue weighted by molar-refractivity contribution is 0.0842. The van der Waals surface area contributed by atoms with Crippen LogP contribution in [-0.4, -0.2) is 26.0 Å². The minimum absolute atomic E-state index is 0.00719. The van der Waals surface area contributed by atoms with Crippen LogP contribution in [0.3, 0.4) is 0 Å². The Balaban J connectivity index is 0.000000713. The fourth-order valence-corrected chi connectivity index (χ4v) is 3.27. The fourth-order valence-electron chi connectivity index (χ4n) is 2.46. The maximum atomic E-state index is 6.07. The van der Waals surface area contributed by atoms with Crippen molar-refractivity contribution in [1.82, 2.24) is 5.32 Å². The van der Waals surface area contributed by atoms with Crippen molar-refractivity contribution in [1.29, 1.82) is 0 Å². The predicted octanol–water partition coefficient (Wildman–Crippen LogP) is 4.99. The van der Waals surface area contributed by atoms with Gasteiger partial charge in [0.2, 0.25) is 0 Å². The number of fused-ring (bicyclic) bond motifs is 1. The molecule has 1 heterocycles. The number of ether oxygens (including phenoxy) is 1. The van der Waals surface area contributed by atoms with Crippen LogP contribution in [-0.2, 0) is 6.42 Å². The Morgan fingerprint density at radius 3 is 2.19 bits per heavy atom. The van der Waals surface area contributed by atoms with Gasteiger partial charge in [0, 0.05) is 4.90 Å². The van der Waals surface area contributed by atoms with Crippen molar-refractivity contribution in [2.24, 2.45) is 0 Å². The van der Waals surface area contributed by atoms with Gasteiger partial charge in [0.15, 0.2) is 0 Å². The van der Waals surface area contributed by atoms with Crippen LogP contribution in [0.15, 0.2) is 11.0 Å². The molecule has 1 N–H and O–H groups in total. The highest BCUT2D eigenvalue weighted by molar-refractivity contribution is 7.98. The summed E-state index contributed by atoms with van der Waals surface area (Å²) in [6.45, 7) is 12.7. The summed E-state index contributed by atoms with van der Waals surface area (Å²) in [4.78, 5) is 1.42. The Kier molecular flexibility index (Phi) is 9.07. The highest BCUT2D eigenvalue weighted by Crippen LogP contribution is 2.39.